The summed E-state index contributed by atoms with van der Waals surface area (Å²) in [6.45, 7) is 3.44. The normalized spacial score (nSPS) is 19.0. The smallest absolute Gasteiger partial charge is 0.0524 e. The third kappa shape index (κ3) is 2.98. The van der Waals surface area contributed by atoms with Crippen molar-refractivity contribution in [3.05, 3.63) is 4.91 Å². The molecule has 0 aromatic rings. The third-order valence-electron chi connectivity index (χ3n) is 1.43. The van der Waals surface area contributed by atoms with Gasteiger partial charge in [0.25, 0.3) is 0 Å². The summed E-state index contributed by atoms with van der Waals surface area (Å²) in [5, 5.41) is 7.58. The Labute approximate surface area is 66.3 Å². The highest BCUT2D eigenvalue weighted by molar-refractivity contribution is 5.85. The van der Waals surface area contributed by atoms with Crippen LogP contribution in [0.25, 0.3) is 0 Å². The van der Waals surface area contributed by atoms with Gasteiger partial charge in [0, 0.05) is 13.1 Å². The van der Waals surface area contributed by atoms with Crippen LogP contribution in [0.3, 0.4) is 0 Å². The van der Waals surface area contributed by atoms with E-state index in [1.807, 2.05) is 0 Å². The first-order valence-electron chi connectivity index (χ1n) is 3.22. The van der Waals surface area contributed by atoms with Gasteiger partial charge < -0.3 is 5.32 Å². The quantitative estimate of drug-likeness (QED) is 0.572. The molecule has 0 bridgehead atoms. The number of hydrogen-bond acceptors (Lipinski definition) is 3. The Morgan fingerprint density at radius 3 is 2.80 bits per heavy atom. The summed E-state index contributed by atoms with van der Waals surface area (Å²) in [6, 6.07) is 0. The van der Waals surface area contributed by atoms with Crippen molar-refractivity contribution in [1.29, 1.82) is 0 Å². The highest BCUT2D eigenvalue weighted by Crippen LogP contribution is 1.93. The lowest BCUT2D eigenvalue weighted by Crippen LogP contribution is -2.22. The average Bonchev–Trinajstić information content (AvgIpc) is 2.13. The second kappa shape index (κ2) is 5.44. The van der Waals surface area contributed by atoms with Gasteiger partial charge in [-0.05, 0) is 13.0 Å². The van der Waals surface area contributed by atoms with Gasteiger partial charge >= 0.3 is 0 Å². The van der Waals surface area contributed by atoms with E-state index >= 15 is 0 Å². The molecule has 0 radical (unpaired) electrons. The van der Waals surface area contributed by atoms with Crippen LogP contribution in [0.4, 0.5) is 0 Å². The number of hydrogen-bond donors (Lipinski definition) is 1. The monoisotopic (exact) mass is 165 g/mol. The molecule has 0 spiro atoms. The van der Waals surface area contributed by atoms with Crippen LogP contribution < -0.4 is 5.32 Å². The largest absolute Gasteiger partial charge is 0.315 e. The van der Waals surface area contributed by atoms with Crippen molar-refractivity contribution in [2.75, 3.05) is 26.2 Å². The Bertz CT molecular complexity index is 92.9. The van der Waals surface area contributed by atoms with Gasteiger partial charge in [-0.3, -0.25) is 5.01 Å². The molecular weight excluding hydrogens is 154 g/mol. The van der Waals surface area contributed by atoms with Crippen LogP contribution in [0.5, 0.6) is 0 Å². The van der Waals surface area contributed by atoms with E-state index in [9.17, 15) is 4.91 Å². The minimum absolute atomic E-state index is 0. The van der Waals surface area contributed by atoms with Crippen LogP contribution >= 0.6 is 12.4 Å². The zero-order valence-corrected chi connectivity index (χ0v) is 6.56. The molecule has 0 unspecified atom stereocenters. The molecule has 1 fully saturated rings. The second-order valence-corrected chi connectivity index (χ2v) is 2.14. The first-order valence-corrected chi connectivity index (χ1v) is 3.22. The van der Waals surface area contributed by atoms with Gasteiger partial charge in [-0.2, -0.15) is 0 Å². The first-order chi connectivity index (χ1) is 4.43. The van der Waals surface area contributed by atoms with Crippen LogP contribution in [0.2, 0.25) is 0 Å². The fourth-order valence-corrected chi connectivity index (χ4v) is 0.913. The molecule has 1 aliphatic heterocycles. The maximum absolute atomic E-state index is 9.96. The third-order valence-corrected chi connectivity index (χ3v) is 1.43. The molecule has 60 valence electrons. The van der Waals surface area contributed by atoms with Crippen molar-refractivity contribution in [3.8, 4) is 0 Å². The van der Waals surface area contributed by atoms with Crippen LogP contribution in [0, 0.1) is 4.91 Å². The highest BCUT2D eigenvalue weighted by atomic mass is 35.5. The standard InChI is InChI=1S/C5H11N3O.ClH/c9-7-8-4-1-2-6-3-5-8;/h6H,1-5H2;1H. The average molecular weight is 166 g/mol. The number of rotatable bonds is 1. The summed E-state index contributed by atoms with van der Waals surface area (Å²) in [6.07, 6.45) is 1.02. The highest BCUT2D eigenvalue weighted by Gasteiger charge is 2.04. The molecule has 10 heavy (non-hydrogen) atoms. The number of nitroso groups, excluding NO2 is 1. The maximum atomic E-state index is 9.96. The topological polar surface area (TPSA) is 44.7 Å². The number of nitrogens with one attached hydrogen (secondary N) is 1. The van der Waals surface area contributed by atoms with E-state index < -0.39 is 0 Å². The van der Waals surface area contributed by atoms with Crippen molar-refractivity contribution in [3.63, 3.8) is 0 Å². The molecular formula is C5H12ClN3O. The van der Waals surface area contributed by atoms with Gasteiger partial charge in [0.05, 0.1) is 11.8 Å². The molecule has 0 aliphatic carbocycles. The van der Waals surface area contributed by atoms with Gasteiger partial charge in [-0.1, -0.05) is 0 Å². The van der Waals surface area contributed by atoms with E-state index in [1.54, 1.807) is 5.01 Å². The predicted octanol–water partition coefficient (Wildman–Crippen LogP) is 0.385. The van der Waals surface area contributed by atoms with E-state index in [1.165, 1.54) is 0 Å². The van der Waals surface area contributed by atoms with Gasteiger partial charge in [0.1, 0.15) is 0 Å². The van der Waals surface area contributed by atoms with Crippen LogP contribution in [0.15, 0.2) is 5.29 Å². The van der Waals surface area contributed by atoms with Crippen LogP contribution in [0.1, 0.15) is 6.42 Å². The second-order valence-electron chi connectivity index (χ2n) is 2.14. The fraction of sp³-hybridized carbons (Fsp3) is 1.00. The summed E-state index contributed by atoms with van der Waals surface area (Å²) in [4.78, 5) is 9.96. The Morgan fingerprint density at radius 2 is 2.10 bits per heavy atom. The molecule has 0 atom stereocenters. The maximum Gasteiger partial charge on any atom is 0.0524 e. The molecule has 0 saturated carbocycles. The molecule has 1 heterocycles. The predicted molar refractivity (Wildman–Crippen MR) is 42.1 cm³/mol. The molecule has 0 aromatic carbocycles. The van der Waals surface area contributed by atoms with Crippen molar-refractivity contribution >= 4 is 12.4 Å². The summed E-state index contributed by atoms with van der Waals surface area (Å²) in [5.41, 5.74) is 0. The summed E-state index contributed by atoms with van der Waals surface area (Å²) in [5.74, 6) is 0. The zero-order valence-electron chi connectivity index (χ0n) is 5.75. The van der Waals surface area contributed by atoms with Crippen molar-refractivity contribution in [2.45, 2.75) is 6.42 Å². The van der Waals surface area contributed by atoms with Gasteiger partial charge in [0.2, 0.25) is 0 Å². The van der Waals surface area contributed by atoms with Crippen LogP contribution in [-0.4, -0.2) is 31.2 Å². The SMILES string of the molecule is Cl.O=NN1CCCNCC1. The van der Waals surface area contributed by atoms with Gasteiger partial charge in [-0.15, -0.1) is 17.3 Å². The van der Waals surface area contributed by atoms with E-state index in [4.69, 9.17) is 0 Å². The summed E-state index contributed by atoms with van der Waals surface area (Å²) >= 11 is 0. The van der Waals surface area contributed by atoms with Gasteiger partial charge in [0.15, 0.2) is 0 Å². The van der Waals surface area contributed by atoms with Crippen molar-refractivity contribution < 1.29 is 0 Å². The summed E-state index contributed by atoms with van der Waals surface area (Å²) < 4.78 is 0. The minimum Gasteiger partial charge on any atom is -0.315 e. The number of halogens is 1. The minimum atomic E-state index is 0. The molecule has 1 saturated heterocycles. The fourth-order valence-electron chi connectivity index (χ4n) is 0.913. The summed E-state index contributed by atoms with van der Waals surface area (Å²) in [7, 11) is 0. The lowest BCUT2D eigenvalue weighted by molar-refractivity contribution is 0.304. The Kier molecular flexibility index (Phi) is 5.25. The van der Waals surface area contributed by atoms with Gasteiger partial charge in [-0.25, -0.2) is 0 Å². The molecule has 0 aromatic heterocycles. The van der Waals surface area contributed by atoms with E-state index in [0.717, 1.165) is 32.6 Å². The number of nitrogens with zero attached hydrogens (tertiary/aromatic N) is 2. The van der Waals surface area contributed by atoms with Crippen molar-refractivity contribution in [2.24, 2.45) is 5.29 Å². The first kappa shape index (κ1) is 9.65. The van der Waals surface area contributed by atoms with E-state index in [2.05, 4.69) is 10.6 Å². The lowest BCUT2D eigenvalue weighted by Gasteiger charge is -2.08. The Balaban J connectivity index is 0.000000810. The van der Waals surface area contributed by atoms with Crippen molar-refractivity contribution in [1.82, 2.24) is 10.3 Å². The zero-order chi connectivity index (χ0) is 6.53. The molecule has 1 rings (SSSR count). The molecule has 1 aliphatic rings. The Morgan fingerprint density at radius 1 is 1.30 bits per heavy atom. The molecule has 5 heteroatoms. The molecule has 0 amide bonds. The lowest BCUT2D eigenvalue weighted by atomic mass is 10.4. The van der Waals surface area contributed by atoms with Crippen LogP contribution in [-0.2, 0) is 0 Å². The molecule has 1 N–H and O–H groups in total. The Hall–Kier alpha value is -0.350. The molecule has 4 nitrogen and oxygen atoms in total. The van der Waals surface area contributed by atoms with E-state index in [0.29, 0.717) is 0 Å². The van der Waals surface area contributed by atoms with E-state index in [-0.39, 0.29) is 12.4 Å².